The lowest BCUT2D eigenvalue weighted by Crippen LogP contribution is -2.00. The minimum Gasteiger partial charge on any atom is -0.208 e. The van der Waals surface area contributed by atoms with Gasteiger partial charge in [0.1, 0.15) is 0 Å². The molecule has 0 amide bonds. The van der Waals surface area contributed by atoms with Crippen LogP contribution >= 0.6 is 0 Å². The Morgan fingerprint density at radius 3 is 1.19 bits per heavy atom. The first-order chi connectivity index (χ1) is 26.8. The zero-order valence-electron chi connectivity index (χ0n) is 29.4. The highest BCUT2D eigenvalue weighted by Gasteiger charge is 2.20. The molecular weight excluding hydrogens is 655 g/mol. The Kier molecular flexibility index (Phi) is 7.81. The lowest BCUT2D eigenvalue weighted by atomic mass is 9.84. The number of hydrogen-bond donors (Lipinski definition) is 0. The normalized spacial score (nSPS) is 11.3. The van der Waals surface area contributed by atoms with Gasteiger partial charge in [-0.1, -0.05) is 188 Å². The molecule has 0 saturated carbocycles. The van der Waals surface area contributed by atoms with Crippen molar-refractivity contribution in [2.75, 3.05) is 0 Å². The van der Waals surface area contributed by atoms with Crippen molar-refractivity contribution >= 4 is 32.3 Å². The molecule has 0 unspecified atom stereocenters. The maximum Gasteiger partial charge on any atom is 0.164 e. The Morgan fingerprint density at radius 1 is 0.241 bits per heavy atom. The van der Waals surface area contributed by atoms with Crippen LogP contribution in [0, 0.1) is 0 Å². The van der Waals surface area contributed by atoms with Crippen LogP contribution in [0.5, 0.6) is 0 Å². The van der Waals surface area contributed by atoms with Crippen LogP contribution in [0.25, 0.3) is 99.9 Å². The van der Waals surface area contributed by atoms with E-state index in [4.69, 9.17) is 15.0 Å². The molecule has 0 aliphatic rings. The molecule has 54 heavy (non-hydrogen) atoms. The Balaban J connectivity index is 1.28. The van der Waals surface area contributed by atoms with Crippen molar-refractivity contribution < 1.29 is 0 Å². The van der Waals surface area contributed by atoms with Crippen molar-refractivity contribution in [1.82, 2.24) is 15.0 Å². The third-order valence-electron chi connectivity index (χ3n) is 10.3. The van der Waals surface area contributed by atoms with Gasteiger partial charge in [-0.25, -0.2) is 15.0 Å². The largest absolute Gasteiger partial charge is 0.208 e. The molecule has 0 aliphatic heterocycles. The fourth-order valence-corrected chi connectivity index (χ4v) is 7.78. The number of fused-ring (bicyclic) bond motifs is 3. The Hall–Kier alpha value is -7.23. The molecule has 9 aromatic carbocycles. The van der Waals surface area contributed by atoms with Gasteiger partial charge in [0.05, 0.1) is 0 Å². The first-order valence-electron chi connectivity index (χ1n) is 18.3. The molecule has 0 aliphatic carbocycles. The molecule has 0 bridgehead atoms. The zero-order valence-corrected chi connectivity index (χ0v) is 29.4. The lowest BCUT2D eigenvalue weighted by Gasteiger charge is -2.20. The summed E-state index contributed by atoms with van der Waals surface area (Å²) < 4.78 is 0. The molecule has 3 nitrogen and oxygen atoms in total. The quantitative estimate of drug-likeness (QED) is 0.163. The van der Waals surface area contributed by atoms with Gasteiger partial charge < -0.3 is 0 Å². The first kappa shape index (κ1) is 31.5. The summed E-state index contributed by atoms with van der Waals surface area (Å²) in [6, 6.07) is 70.7. The average molecular weight is 688 g/mol. The number of aromatic nitrogens is 3. The summed E-state index contributed by atoms with van der Waals surface area (Å²) in [6.07, 6.45) is 0. The van der Waals surface area contributed by atoms with Gasteiger partial charge in [-0.3, -0.25) is 0 Å². The van der Waals surface area contributed by atoms with E-state index in [1.54, 1.807) is 0 Å². The van der Waals surface area contributed by atoms with Gasteiger partial charge in [0.2, 0.25) is 0 Å². The average Bonchev–Trinajstić information content (AvgIpc) is 3.26. The zero-order chi connectivity index (χ0) is 35.8. The molecule has 10 rings (SSSR count). The van der Waals surface area contributed by atoms with Crippen molar-refractivity contribution in [3.05, 3.63) is 200 Å². The second-order valence-electron chi connectivity index (χ2n) is 13.6. The van der Waals surface area contributed by atoms with Crippen molar-refractivity contribution in [3.63, 3.8) is 0 Å². The van der Waals surface area contributed by atoms with Gasteiger partial charge in [-0.15, -0.1) is 0 Å². The fraction of sp³-hybridized carbons (Fsp3) is 0. The smallest absolute Gasteiger partial charge is 0.164 e. The predicted octanol–water partition coefficient (Wildman–Crippen LogP) is 13.3. The fourth-order valence-electron chi connectivity index (χ4n) is 7.78. The summed E-state index contributed by atoms with van der Waals surface area (Å²) in [4.78, 5) is 15.2. The van der Waals surface area contributed by atoms with E-state index in [2.05, 4.69) is 140 Å². The van der Waals surface area contributed by atoms with Crippen molar-refractivity contribution in [2.24, 2.45) is 0 Å². The van der Waals surface area contributed by atoms with Crippen molar-refractivity contribution in [3.8, 4) is 67.5 Å². The van der Waals surface area contributed by atoms with Crippen LogP contribution in [0.4, 0.5) is 0 Å². The van der Waals surface area contributed by atoms with Gasteiger partial charge in [0.15, 0.2) is 17.5 Å². The molecule has 0 saturated heterocycles. The van der Waals surface area contributed by atoms with Crippen LogP contribution in [0.15, 0.2) is 200 Å². The van der Waals surface area contributed by atoms with E-state index in [-0.39, 0.29) is 0 Å². The van der Waals surface area contributed by atoms with E-state index < -0.39 is 0 Å². The standard InChI is InChI=1S/C51H33N3/c1-5-17-35(18-6-1)47-44-31-29-40(51-53-49(37-21-9-3-10-22-37)52-50(54-51)38-23-11-4-12-24-38)33-46(44)48(36-19-7-2-8-20-36)43-30-28-39(32-45(43)47)42-27-15-25-34-16-13-14-26-41(34)42/h1-33H. The van der Waals surface area contributed by atoms with Gasteiger partial charge in [-0.05, 0) is 77.8 Å². The maximum absolute atomic E-state index is 5.10. The molecule has 10 aromatic rings. The summed E-state index contributed by atoms with van der Waals surface area (Å²) in [7, 11) is 0. The second-order valence-corrected chi connectivity index (χ2v) is 13.6. The minimum atomic E-state index is 0.635. The Bertz CT molecular complexity index is 2900. The van der Waals surface area contributed by atoms with E-state index in [9.17, 15) is 0 Å². The molecule has 0 N–H and O–H groups in total. The van der Waals surface area contributed by atoms with Gasteiger partial charge >= 0.3 is 0 Å². The van der Waals surface area contributed by atoms with Crippen LogP contribution < -0.4 is 0 Å². The van der Waals surface area contributed by atoms with E-state index in [0.29, 0.717) is 17.5 Å². The van der Waals surface area contributed by atoms with Crippen LogP contribution in [-0.2, 0) is 0 Å². The summed E-state index contributed by atoms with van der Waals surface area (Å²) >= 11 is 0. The first-order valence-corrected chi connectivity index (χ1v) is 18.3. The molecule has 0 atom stereocenters. The van der Waals surface area contributed by atoms with Crippen LogP contribution in [0.3, 0.4) is 0 Å². The summed E-state index contributed by atoms with van der Waals surface area (Å²) in [5.41, 5.74) is 9.98. The number of benzene rings is 9. The molecule has 0 radical (unpaired) electrons. The van der Waals surface area contributed by atoms with Gasteiger partial charge in [-0.2, -0.15) is 0 Å². The highest BCUT2D eigenvalue weighted by molar-refractivity contribution is 6.22. The molecule has 0 fully saturated rings. The van der Waals surface area contributed by atoms with Crippen molar-refractivity contribution in [2.45, 2.75) is 0 Å². The minimum absolute atomic E-state index is 0.635. The predicted molar refractivity (Wildman–Crippen MR) is 225 cm³/mol. The Labute approximate surface area is 313 Å². The summed E-state index contributed by atoms with van der Waals surface area (Å²) in [5, 5.41) is 7.20. The second kappa shape index (κ2) is 13.4. The third-order valence-corrected chi connectivity index (χ3v) is 10.3. The highest BCUT2D eigenvalue weighted by Crippen LogP contribution is 2.46. The number of rotatable bonds is 6. The van der Waals surface area contributed by atoms with Gasteiger partial charge in [0, 0.05) is 16.7 Å². The van der Waals surface area contributed by atoms with Crippen molar-refractivity contribution in [1.29, 1.82) is 0 Å². The maximum atomic E-state index is 5.10. The highest BCUT2D eigenvalue weighted by atomic mass is 15.0. The van der Waals surface area contributed by atoms with Crippen LogP contribution in [0.2, 0.25) is 0 Å². The third kappa shape index (κ3) is 5.60. The van der Waals surface area contributed by atoms with E-state index in [1.165, 1.54) is 54.7 Å². The molecule has 3 heteroatoms. The Morgan fingerprint density at radius 2 is 0.648 bits per heavy atom. The SMILES string of the molecule is c1ccc(-c2nc(-c3ccccc3)nc(-c3ccc4c(-c5ccccc5)c5cc(-c6cccc7ccccc67)ccc5c(-c5ccccc5)c4c3)n2)cc1. The van der Waals surface area contributed by atoms with E-state index in [0.717, 1.165) is 27.6 Å². The van der Waals surface area contributed by atoms with Crippen LogP contribution in [-0.4, -0.2) is 15.0 Å². The van der Waals surface area contributed by atoms with E-state index >= 15 is 0 Å². The van der Waals surface area contributed by atoms with E-state index in [1.807, 2.05) is 60.7 Å². The monoisotopic (exact) mass is 687 g/mol. The number of hydrogen-bond acceptors (Lipinski definition) is 3. The molecule has 1 aromatic heterocycles. The summed E-state index contributed by atoms with van der Waals surface area (Å²) in [5.74, 6) is 1.93. The molecule has 252 valence electrons. The lowest BCUT2D eigenvalue weighted by molar-refractivity contribution is 1.07. The summed E-state index contributed by atoms with van der Waals surface area (Å²) in [6.45, 7) is 0. The molecular formula is C51H33N3. The molecule has 1 heterocycles. The topological polar surface area (TPSA) is 38.7 Å². The van der Waals surface area contributed by atoms with Gasteiger partial charge in [0.25, 0.3) is 0 Å². The molecule has 0 spiro atoms. The number of nitrogens with zero attached hydrogens (tertiary/aromatic N) is 3. The van der Waals surface area contributed by atoms with Crippen LogP contribution in [0.1, 0.15) is 0 Å².